The summed E-state index contributed by atoms with van der Waals surface area (Å²) in [5.41, 5.74) is 5.12. The van der Waals surface area contributed by atoms with E-state index in [2.05, 4.69) is 50.7 Å². The summed E-state index contributed by atoms with van der Waals surface area (Å²) in [5.74, 6) is 2.84. The van der Waals surface area contributed by atoms with Gasteiger partial charge in [0.1, 0.15) is 11.4 Å². The summed E-state index contributed by atoms with van der Waals surface area (Å²) in [5, 5.41) is 0. The standard InChI is InChI=1S/C23H34N4O2/c1-15-12-16(2)20(19(13-15)28-6)22-24-17(3)21(23(25-22)29-7)27(11-10-26(4)5)14-18-8-9-18/h12-13,18H,8-11,14H2,1-7H3. The Morgan fingerprint density at radius 2 is 1.72 bits per heavy atom. The van der Waals surface area contributed by atoms with Crippen molar-refractivity contribution in [2.75, 3.05) is 52.8 Å². The van der Waals surface area contributed by atoms with Crippen molar-refractivity contribution >= 4 is 5.69 Å². The minimum atomic E-state index is 0.633. The number of aromatic nitrogens is 2. The highest BCUT2D eigenvalue weighted by Gasteiger charge is 2.28. The summed E-state index contributed by atoms with van der Waals surface area (Å²) in [7, 11) is 7.58. The molecule has 2 aromatic rings. The van der Waals surface area contributed by atoms with E-state index in [1.165, 1.54) is 12.8 Å². The fourth-order valence-corrected chi connectivity index (χ4v) is 3.76. The lowest BCUT2D eigenvalue weighted by molar-refractivity contribution is 0.389. The van der Waals surface area contributed by atoms with E-state index < -0.39 is 0 Å². The molecule has 0 N–H and O–H groups in total. The van der Waals surface area contributed by atoms with Gasteiger partial charge in [-0.15, -0.1) is 0 Å². The van der Waals surface area contributed by atoms with Crippen LogP contribution in [0.5, 0.6) is 11.6 Å². The van der Waals surface area contributed by atoms with Gasteiger partial charge < -0.3 is 19.3 Å². The lowest BCUT2D eigenvalue weighted by Gasteiger charge is -2.28. The summed E-state index contributed by atoms with van der Waals surface area (Å²) in [6, 6.07) is 4.16. The first-order chi connectivity index (χ1) is 13.8. The van der Waals surface area contributed by atoms with E-state index in [4.69, 9.17) is 19.4 Å². The fourth-order valence-electron chi connectivity index (χ4n) is 3.76. The van der Waals surface area contributed by atoms with E-state index in [-0.39, 0.29) is 0 Å². The van der Waals surface area contributed by atoms with Gasteiger partial charge in [0.15, 0.2) is 5.82 Å². The number of methoxy groups -OCH3 is 2. The van der Waals surface area contributed by atoms with Gasteiger partial charge in [-0.1, -0.05) is 6.07 Å². The number of hydrogen-bond acceptors (Lipinski definition) is 6. The van der Waals surface area contributed by atoms with Crippen molar-refractivity contribution in [3.05, 3.63) is 29.0 Å². The molecule has 0 amide bonds. The Balaban J connectivity index is 2.05. The Labute approximate surface area is 174 Å². The topological polar surface area (TPSA) is 50.7 Å². The van der Waals surface area contributed by atoms with E-state index >= 15 is 0 Å². The molecule has 0 bridgehead atoms. The van der Waals surface area contributed by atoms with Gasteiger partial charge >= 0.3 is 0 Å². The van der Waals surface area contributed by atoms with Crippen LogP contribution in [-0.2, 0) is 0 Å². The Morgan fingerprint density at radius 1 is 1.00 bits per heavy atom. The average molecular weight is 399 g/mol. The van der Waals surface area contributed by atoms with Crippen molar-refractivity contribution in [3.63, 3.8) is 0 Å². The Bertz CT molecular complexity index is 862. The maximum absolute atomic E-state index is 5.77. The fraction of sp³-hybridized carbons (Fsp3) is 0.565. The van der Waals surface area contributed by atoms with E-state index in [1.807, 2.05) is 6.07 Å². The molecule has 6 heteroatoms. The molecular weight excluding hydrogens is 364 g/mol. The summed E-state index contributed by atoms with van der Waals surface area (Å²) < 4.78 is 11.4. The molecular formula is C23H34N4O2. The molecule has 1 saturated carbocycles. The van der Waals surface area contributed by atoms with Gasteiger partial charge in [-0.2, -0.15) is 4.98 Å². The van der Waals surface area contributed by atoms with Crippen molar-refractivity contribution in [2.45, 2.75) is 33.6 Å². The minimum Gasteiger partial charge on any atom is -0.496 e. The number of likely N-dealkylation sites (N-methyl/N-ethyl adjacent to an activating group) is 1. The molecule has 29 heavy (non-hydrogen) atoms. The predicted molar refractivity (Wildman–Crippen MR) is 118 cm³/mol. The third-order valence-electron chi connectivity index (χ3n) is 5.42. The van der Waals surface area contributed by atoms with Gasteiger partial charge in [-0.3, -0.25) is 0 Å². The van der Waals surface area contributed by atoms with Gasteiger partial charge in [-0.25, -0.2) is 4.98 Å². The van der Waals surface area contributed by atoms with Crippen molar-refractivity contribution in [1.82, 2.24) is 14.9 Å². The van der Waals surface area contributed by atoms with Crippen LogP contribution in [0.4, 0.5) is 5.69 Å². The molecule has 0 saturated heterocycles. The van der Waals surface area contributed by atoms with Crippen LogP contribution >= 0.6 is 0 Å². The van der Waals surface area contributed by atoms with Crippen molar-refractivity contribution in [2.24, 2.45) is 5.92 Å². The van der Waals surface area contributed by atoms with Gasteiger partial charge in [0.05, 0.1) is 25.5 Å². The lowest BCUT2D eigenvalue weighted by Crippen LogP contribution is -2.34. The van der Waals surface area contributed by atoms with Crippen LogP contribution in [-0.4, -0.2) is 62.8 Å². The number of ether oxygens (including phenoxy) is 2. The number of benzene rings is 1. The lowest BCUT2D eigenvalue weighted by atomic mass is 10.0. The summed E-state index contributed by atoms with van der Waals surface area (Å²) in [6.45, 7) is 9.11. The molecule has 158 valence electrons. The van der Waals surface area contributed by atoms with Crippen LogP contribution in [0.1, 0.15) is 29.7 Å². The minimum absolute atomic E-state index is 0.633. The molecule has 1 fully saturated rings. The molecule has 1 aromatic carbocycles. The molecule has 0 radical (unpaired) electrons. The molecule has 1 aromatic heterocycles. The van der Waals surface area contributed by atoms with E-state index in [1.54, 1.807) is 14.2 Å². The van der Waals surface area contributed by atoms with Gasteiger partial charge in [0, 0.05) is 19.6 Å². The Kier molecular flexibility index (Phi) is 6.63. The average Bonchev–Trinajstić information content (AvgIpc) is 3.48. The number of hydrogen-bond donors (Lipinski definition) is 0. The predicted octanol–water partition coefficient (Wildman–Crippen LogP) is 3.86. The summed E-state index contributed by atoms with van der Waals surface area (Å²) in [4.78, 5) is 14.3. The highest BCUT2D eigenvalue weighted by atomic mass is 16.5. The van der Waals surface area contributed by atoms with Gasteiger partial charge in [0.2, 0.25) is 5.88 Å². The molecule has 0 unspecified atom stereocenters. The third kappa shape index (κ3) is 4.99. The molecule has 1 aliphatic rings. The Morgan fingerprint density at radius 3 is 2.31 bits per heavy atom. The maximum atomic E-state index is 5.77. The van der Waals surface area contributed by atoms with E-state index in [0.29, 0.717) is 11.7 Å². The van der Waals surface area contributed by atoms with Crippen LogP contribution in [0.25, 0.3) is 11.4 Å². The second-order valence-electron chi connectivity index (χ2n) is 8.34. The molecule has 3 rings (SSSR count). The molecule has 1 heterocycles. The second-order valence-corrected chi connectivity index (χ2v) is 8.34. The highest BCUT2D eigenvalue weighted by Crippen LogP contribution is 2.39. The first-order valence-electron chi connectivity index (χ1n) is 10.3. The van der Waals surface area contributed by atoms with E-state index in [9.17, 15) is 0 Å². The maximum Gasteiger partial charge on any atom is 0.241 e. The quantitative estimate of drug-likeness (QED) is 0.639. The molecule has 6 nitrogen and oxygen atoms in total. The zero-order chi connectivity index (χ0) is 21.1. The second kappa shape index (κ2) is 8.99. The molecule has 0 spiro atoms. The SMILES string of the molecule is COc1cc(C)cc(C)c1-c1nc(C)c(N(CCN(C)C)CC2CC2)c(OC)n1. The zero-order valence-corrected chi connectivity index (χ0v) is 18.9. The first kappa shape index (κ1) is 21.4. The Hall–Kier alpha value is -2.34. The van der Waals surface area contributed by atoms with Gasteiger partial charge in [0.25, 0.3) is 0 Å². The normalized spacial score (nSPS) is 13.7. The van der Waals surface area contributed by atoms with Crippen LogP contribution in [0.15, 0.2) is 12.1 Å². The van der Waals surface area contributed by atoms with Gasteiger partial charge in [-0.05, 0) is 70.8 Å². The van der Waals surface area contributed by atoms with Crippen LogP contribution in [0, 0.1) is 26.7 Å². The van der Waals surface area contributed by atoms with Crippen molar-refractivity contribution < 1.29 is 9.47 Å². The monoisotopic (exact) mass is 398 g/mol. The highest BCUT2D eigenvalue weighted by molar-refractivity contribution is 5.72. The molecule has 0 atom stereocenters. The number of nitrogens with zero attached hydrogens (tertiary/aromatic N) is 4. The first-order valence-corrected chi connectivity index (χ1v) is 10.3. The van der Waals surface area contributed by atoms with Crippen LogP contribution in [0.2, 0.25) is 0 Å². The summed E-state index contributed by atoms with van der Waals surface area (Å²) in [6.07, 6.45) is 2.61. The number of anilines is 1. The van der Waals surface area contributed by atoms with E-state index in [0.717, 1.165) is 59.4 Å². The number of aryl methyl sites for hydroxylation is 3. The molecule has 0 aliphatic heterocycles. The van der Waals surface area contributed by atoms with Crippen molar-refractivity contribution in [3.8, 4) is 23.0 Å². The largest absolute Gasteiger partial charge is 0.496 e. The zero-order valence-electron chi connectivity index (χ0n) is 18.9. The van der Waals surface area contributed by atoms with Crippen LogP contribution < -0.4 is 14.4 Å². The molecule has 1 aliphatic carbocycles. The van der Waals surface area contributed by atoms with Crippen molar-refractivity contribution in [1.29, 1.82) is 0 Å². The summed E-state index contributed by atoms with van der Waals surface area (Å²) >= 11 is 0. The third-order valence-corrected chi connectivity index (χ3v) is 5.42. The van der Waals surface area contributed by atoms with Crippen LogP contribution in [0.3, 0.4) is 0 Å². The number of rotatable bonds is 9. The smallest absolute Gasteiger partial charge is 0.241 e.